The van der Waals surface area contributed by atoms with E-state index in [0.717, 1.165) is 64.2 Å². The number of ether oxygens (including phenoxy) is 1. The molecule has 6 rings (SSSR count). The van der Waals surface area contributed by atoms with Gasteiger partial charge in [0.15, 0.2) is 5.82 Å². The van der Waals surface area contributed by atoms with Crippen LogP contribution in [-0.2, 0) is 17.6 Å². The molecule has 1 aliphatic carbocycles. The molecule has 0 amide bonds. The zero-order chi connectivity index (χ0) is 30.1. The van der Waals surface area contributed by atoms with Crippen molar-refractivity contribution < 1.29 is 14.4 Å². The van der Waals surface area contributed by atoms with E-state index in [1.165, 1.54) is 6.33 Å². The van der Waals surface area contributed by atoms with Crippen LogP contribution in [0.15, 0.2) is 56.8 Å². The van der Waals surface area contributed by atoms with E-state index in [1.54, 1.807) is 25.2 Å². The number of nitrogens with zero attached hydrogens (tertiary/aromatic N) is 5. The zero-order valence-corrected chi connectivity index (χ0v) is 29.5. The summed E-state index contributed by atoms with van der Waals surface area (Å²) in [5, 5.41) is 18.5. The maximum atomic E-state index is 14.3. The number of nitrogens with one attached hydrogen (secondary N) is 1. The minimum atomic E-state index is -0.871. The maximum Gasteiger partial charge on any atom is 0.439 e. The van der Waals surface area contributed by atoms with Crippen LogP contribution < -0.4 is 11.3 Å². The van der Waals surface area contributed by atoms with Gasteiger partial charge >= 0.3 is 5.76 Å². The Labute approximate surface area is 301 Å². The number of aryl methyl sites for hydroxylation is 1. The third-order valence-electron chi connectivity index (χ3n) is 7.89. The quantitative estimate of drug-likeness (QED) is 0.214. The molecule has 11 nitrogen and oxygen atoms in total. The van der Waals surface area contributed by atoms with Gasteiger partial charge in [0, 0.05) is 90.3 Å². The largest absolute Gasteiger partial charge is 0.439 e. The maximum absolute atomic E-state index is 14.3. The predicted molar refractivity (Wildman–Crippen MR) is 169 cm³/mol. The first-order chi connectivity index (χ1) is 20.7. The van der Waals surface area contributed by atoms with Crippen LogP contribution in [-0.4, -0.2) is 104 Å². The van der Waals surface area contributed by atoms with Gasteiger partial charge in [0.25, 0.3) is 5.56 Å². The van der Waals surface area contributed by atoms with Gasteiger partial charge in [0.2, 0.25) is 5.78 Å². The van der Waals surface area contributed by atoms with Gasteiger partial charge < -0.3 is 9.84 Å². The SMILES string of the molecule is CCCc1c(Cc2ccc(-c3ccccc3-c3noc(=O)[nH]3)s2)c(=O)n([C@H]2CC[C@H](OCC(C)(C)O)CC2)c2ncnn12.[K]. The molecule has 4 heterocycles. The molecule has 1 aromatic carbocycles. The van der Waals surface area contributed by atoms with Crippen LogP contribution in [0.3, 0.4) is 0 Å². The van der Waals surface area contributed by atoms with Gasteiger partial charge in [-0.3, -0.25) is 18.9 Å². The number of fused-ring (bicyclic) bond motifs is 1. The molecule has 0 atom stereocenters. The number of hydrogen-bond donors (Lipinski definition) is 2. The van der Waals surface area contributed by atoms with Gasteiger partial charge in [-0.05, 0) is 58.1 Å². The Bertz CT molecular complexity index is 1840. The minimum Gasteiger partial charge on any atom is -0.388 e. The summed E-state index contributed by atoms with van der Waals surface area (Å²) in [4.78, 5) is 35.1. The Balaban J connectivity index is 0.00000384. The van der Waals surface area contributed by atoms with Crippen LogP contribution in [0.1, 0.15) is 75.1 Å². The molecule has 0 unspecified atom stereocenters. The first kappa shape index (κ1) is 33.1. The minimum absolute atomic E-state index is 0. The van der Waals surface area contributed by atoms with Gasteiger partial charge in [-0.2, -0.15) is 10.1 Å². The van der Waals surface area contributed by atoms with Gasteiger partial charge in [0.05, 0.1) is 24.0 Å². The molecule has 1 radical (unpaired) electrons. The number of rotatable bonds is 10. The molecule has 44 heavy (non-hydrogen) atoms. The number of aromatic amines is 1. The first-order valence-electron chi connectivity index (χ1n) is 14.8. The molecule has 1 aliphatic rings. The van der Waals surface area contributed by atoms with Crippen molar-refractivity contribution in [1.29, 1.82) is 0 Å². The van der Waals surface area contributed by atoms with E-state index in [1.807, 2.05) is 39.4 Å². The van der Waals surface area contributed by atoms with Crippen molar-refractivity contribution in [3.8, 4) is 21.8 Å². The summed E-state index contributed by atoms with van der Waals surface area (Å²) >= 11 is 1.61. The fourth-order valence-electron chi connectivity index (χ4n) is 5.91. The van der Waals surface area contributed by atoms with Crippen molar-refractivity contribution in [3.63, 3.8) is 0 Å². The second-order valence-electron chi connectivity index (χ2n) is 11.8. The van der Waals surface area contributed by atoms with Gasteiger partial charge in [-0.1, -0.05) is 42.8 Å². The second-order valence-corrected chi connectivity index (χ2v) is 13.0. The van der Waals surface area contributed by atoms with E-state index in [-0.39, 0.29) is 75.7 Å². The average molecular weight is 644 g/mol. The zero-order valence-electron chi connectivity index (χ0n) is 25.6. The molecule has 227 valence electrons. The summed E-state index contributed by atoms with van der Waals surface area (Å²) in [6, 6.07) is 11.8. The molecule has 0 bridgehead atoms. The summed E-state index contributed by atoms with van der Waals surface area (Å²) in [6.07, 6.45) is 6.84. The smallest absolute Gasteiger partial charge is 0.388 e. The third kappa shape index (κ3) is 7.10. The van der Waals surface area contributed by atoms with E-state index in [2.05, 4.69) is 33.2 Å². The molecule has 0 spiro atoms. The van der Waals surface area contributed by atoms with Crippen LogP contribution in [0, 0.1) is 0 Å². The van der Waals surface area contributed by atoms with Gasteiger partial charge in [-0.25, -0.2) is 9.31 Å². The topological polar surface area (TPSA) is 141 Å². The summed E-state index contributed by atoms with van der Waals surface area (Å²) in [6.45, 7) is 5.87. The van der Waals surface area contributed by atoms with E-state index >= 15 is 0 Å². The Hall–Kier alpha value is -2.23. The number of aromatic nitrogens is 6. The molecule has 2 N–H and O–H groups in total. The molecule has 4 aromatic heterocycles. The van der Waals surface area contributed by atoms with Crippen LogP contribution >= 0.6 is 11.3 Å². The molecular formula is C31H36KN6O5S. The Morgan fingerprint density at radius 1 is 1.11 bits per heavy atom. The third-order valence-corrected chi connectivity index (χ3v) is 9.01. The Morgan fingerprint density at radius 2 is 1.86 bits per heavy atom. The van der Waals surface area contributed by atoms with Crippen molar-refractivity contribution in [1.82, 2.24) is 29.3 Å². The van der Waals surface area contributed by atoms with Crippen molar-refractivity contribution in [3.05, 3.63) is 79.8 Å². The predicted octanol–water partition coefficient (Wildman–Crippen LogP) is 4.40. The first-order valence-corrected chi connectivity index (χ1v) is 15.6. The van der Waals surface area contributed by atoms with Crippen LogP contribution in [0.2, 0.25) is 0 Å². The fraction of sp³-hybridized carbons (Fsp3) is 0.452. The summed E-state index contributed by atoms with van der Waals surface area (Å²) in [5.74, 6) is 0.357. The number of H-pyrrole nitrogens is 1. The molecule has 13 heteroatoms. The Morgan fingerprint density at radius 3 is 2.55 bits per heavy atom. The van der Waals surface area contributed by atoms with Crippen molar-refractivity contribution in [2.45, 2.75) is 83.5 Å². The molecule has 1 fully saturated rings. The monoisotopic (exact) mass is 643 g/mol. The summed E-state index contributed by atoms with van der Waals surface area (Å²) < 4.78 is 14.4. The fourth-order valence-corrected chi connectivity index (χ4v) is 6.97. The van der Waals surface area contributed by atoms with E-state index in [0.29, 0.717) is 24.4 Å². The van der Waals surface area contributed by atoms with Crippen LogP contribution in [0.5, 0.6) is 0 Å². The summed E-state index contributed by atoms with van der Waals surface area (Å²) in [5.41, 5.74) is 2.44. The van der Waals surface area contributed by atoms with E-state index < -0.39 is 11.4 Å². The molecule has 1 saturated carbocycles. The van der Waals surface area contributed by atoms with Crippen LogP contribution in [0.4, 0.5) is 0 Å². The number of thiophene rings is 1. The van der Waals surface area contributed by atoms with Crippen molar-refractivity contribution in [2.75, 3.05) is 6.61 Å². The molecule has 0 saturated heterocycles. The number of hydrogen-bond acceptors (Lipinski definition) is 9. The second kappa shape index (κ2) is 14.0. The number of benzene rings is 1. The normalized spacial score (nSPS) is 17.2. The van der Waals surface area contributed by atoms with Gasteiger partial charge in [-0.15, -0.1) is 11.3 Å². The average Bonchev–Trinajstić information content (AvgIpc) is 3.76. The van der Waals surface area contributed by atoms with Crippen molar-refractivity contribution >= 4 is 68.5 Å². The molecule has 0 aliphatic heterocycles. The molecular weight excluding hydrogens is 608 g/mol. The van der Waals surface area contributed by atoms with Gasteiger partial charge in [0.1, 0.15) is 6.33 Å². The Kier molecular flexibility index (Phi) is 10.6. The molecule has 5 aromatic rings. The van der Waals surface area contributed by atoms with E-state index in [4.69, 9.17) is 9.26 Å². The van der Waals surface area contributed by atoms with Crippen molar-refractivity contribution in [2.24, 2.45) is 0 Å². The number of aliphatic hydroxyl groups is 1. The van der Waals surface area contributed by atoms with E-state index in [9.17, 15) is 14.7 Å². The standard InChI is InChI=1S/C31H36N6O5S.K/c1-4-7-25-24(16-21-14-15-26(43-21)22-8-5-6-9-23(22)27-34-30(39)42-35-27)28(38)36(29-32-18-33-37(25)29)19-10-12-20(13-11-19)41-17-31(2,3)40;/h5-6,8-9,14-15,18-20,40H,4,7,10-13,16-17H2,1-3H3,(H,34,35,39);/t19-,20-;. The van der Waals surface area contributed by atoms with Crippen LogP contribution in [0.25, 0.3) is 27.6 Å². The summed E-state index contributed by atoms with van der Waals surface area (Å²) in [7, 11) is 0.